The lowest BCUT2D eigenvalue weighted by Gasteiger charge is -2.57. The Bertz CT molecular complexity index is 2840. The van der Waals surface area contributed by atoms with E-state index in [4.69, 9.17) is 9.72 Å². The summed E-state index contributed by atoms with van der Waals surface area (Å²) < 4.78 is 51.3. The number of rotatable bonds is 14. The molecule has 2 aliphatic heterocycles. The van der Waals surface area contributed by atoms with Crippen molar-refractivity contribution >= 4 is 44.2 Å². The van der Waals surface area contributed by atoms with Gasteiger partial charge in [0, 0.05) is 68.7 Å². The van der Waals surface area contributed by atoms with Crippen LogP contribution in [0.25, 0.3) is 11.0 Å². The van der Waals surface area contributed by atoms with Gasteiger partial charge in [0.25, 0.3) is 15.9 Å². The van der Waals surface area contributed by atoms with E-state index in [0.29, 0.717) is 48.6 Å². The third-order valence-corrected chi connectivity index (χ3v) is 16.8. The third kappa shape index (κ3) is 9.28. The second-order valence-corrected chi connectivity index (χ2v) is 22.5. The highest BCUT2D eigenvalue weighted by Crippen LogP contribution is 2.50. The number of benzene rings is 2. The zero-order chi connectivity index (χ0) is 47.5. The Hall–Kier alpha value is -5.65. The number of piperidine rings is 1. The van der Waals surface area contributed by atoms with Gasteiger partial charge in [-0.25, -0.2) is 27.5 Å². The van der Waals surface area contributed by atoms with Crippen molar-refractivity contribution in [2.24, 2.45) is 11.3 Å². The number of nitrogens with zero attached hydrogens (tertiary/aromatic N) is 5. The molecular weight excluding hydrogens is 888 g/mol. The van der Waals surface area contributed by atoms with Crippen LogP contribution in [-0.4, -0.2) is 88.6 Å². The molecule has 0 unspecified atom stereocenters. The number of aromatic nitrogens is 3. The van der Waals surface area contributed by atoms with E-state index in [9.17, 15) is 32.8 Å². The van der Waals surface area contributed by atoms with E-state index in [1.54, 1.807) is 25.1 Å². The number of halogens is 1. The maximum Gasteiger partial charge on any atom is 0.312 e. The van der Waals surface area contributed by atoms with Crippen LogP contribution >= 0.6 is 0 Å². The zero-order valence-electron chi connectivity index (χ0n) is 39.0. The second-order valence-electron chi connectivity index (χ2n) is 20.8. The van der Waals surface area contributed by atoms with Crippen molar-refractivity contribution in [2.75, 3.05) is 42.9 Å². The van der Waals surface area contributed by atoms with Gasteiger partial charge in [-0.1, -0.05) is 44.5 Å². The lowest BCUT2D eigenvalue weighted by Crippen LogP contribution is -2.63. The molecule has 3 aromatic heterocycles. The predicted octanol–water partition coefficient (Wildman–Crippen LogP) is 9.51. The van der Waals surface area contributed by atoms with Gasteiger partial charge in [0.1, 0.15) is 27.9 Å². The van der Waals surface area contributed by atoms with E-state index < -0.39 is 42.9 Å². The van der Waals surface area contributed by atoms with E-state index in [2.05, 4.69) is 67.9 Å². The molecule has 5 aromatic rings. The number of pyridine rings is 2. The fourth-order valence-electron chi connectivity index (χ4n) is 11.4. The average Bonchev–Trinajstić information content (AvgIpc) is 3.93. The van der Waals surface area contributed by atoms with Crippen LogP contribution in [0.2, 0.25) is 0 Å². The number of fused-ring (bicyclic) bond motifs is 1. The molecule has 17 heteroatoms. The van der Waals surface area contributed by atoms with Gasteiger partial charge in [-0.2, -0.15) is 0 Å². The van der Waals surface area contributed by atoms with Crippen LogP contribution in [0.3, 0.4) is 0 Å². The number of ether oxygens (including phenoxy) is 1. The second kappa shape index (κ2) is 18.0. The summed E-state index contributed by atoms with van der Waals surface area (Å²) in [5.41, 5.74) is 3.59. The molecule has 2 atom stereocenters. The highest BCUT2D eigenvalue weighted by molar-refractivity contribution is 7.90. The van der Waals surface area contributed by atoms with Crippen molar-refractivity contribution in [3.8, 4) is 11.5 Å². The highest BCUT2D eigenvalue weighted by Gasteiger charge is 2.49. The summed E-state index contributed by atoms with van der Waals surface area (Å²) in [6, 6.07) is 17.0. The van der Waals surface area contributed by atoms with Crippen molar-refractivity contribution in [2.45, 2.75) is 126 Å². The molecule has 2 saturated heterocycles. The van der Waals surface area contributed by atoms with E-state index in [1.165, 1.54) is 42.7 Å². The van der Waals surface area contributed by atoms with Crippen LogP contribution in [0, 0.1) is 27.3 Å². The van der Waals surface area contributed by atoms with Crippen LogP contribution in [0.5, 0.6) is 11.5 Å². The number of carbonyl (C=O) groups excluding carboxylic acids is 1. The number of likely N-dealkylation sites (tertiary alicyclic amines) is 1. The zero-order valence-corrected chi connectivity index (χ0v) is 39.8. The van der Waals surface area contributed by atoms with Gasteiger partial charge in [0.15, 0.2) is 0 Å². The quantitative estimate of drug-likeness (QED) is 0.0609. The Morgan fingerprint density at radius 3 is 2.49 bits per heavy atom. The highest BCUT2D eigenvalue weighted by atomic mass is 32.2. The summed E-state index contributed by atoms with van der Waals surface area (Å²) >= 11 is 0. The molecule has 68 heavy (non-hydrogen) atoms. The number of aliphatic hydroxyl groups is 1. The molecule has 4 N–H and O–H groups in total. The van der Waals surface area contributed by atoms with E-state index in [0.717, 1.165) is 82.7 Å². The molecule has 5 aliphatic rings. The maximum absolute atomic E-state index is 15.0. The van der Waals surface area contributed by atoms with E-state index in [-0.39, 0.29) is 45.5 Å². The smallest absolute Gasteiger partial charge is 0.312 e. The Morgan fingerprint density at radius 2 is 1.76 bits per heavy atom. The van der Waals surface area contributed by atoms with Gasteiger partial charge in [-0.05, 0) is 124 Å². The minimum atomic E-state index is -4.69. The van der Waals surface area contributed by atoms with Crippen molar-refractivity contribution in [3.05, 3.63) is 105 Å². The Balaban J connectivity index is 0.874. The molecule has 2 aromatic carbocycles. The molecule has 15 nitrogen and oxygen atoms in total. The molecule has 1 spiro atoms. The summed E-state index contributed by atoms with van der Waals surface area (Å²) in [4.78, 5) is 41.8. The van der Waals surface area contributed by atoms with Crippen molar-refractivity contribution in [1.82, 2.24) is 24.6 Å². The van der Waals surface area contributed by atoms with Crippen molar-refractivity contribution < 1.29 is 32.4 Å². The Morgan fingerprint density at radius 1 is 1.01 bits per heavy atom. The van der Waals surface area contributed by atoms with Crippen molar-refractivity contribution in [1.29, 1.82) is 0 Å². The normalized spacial score (nSPS) is 24.0. The SMILES string of the molecule is CC(C)c1ccccc1[C@H]1CCC[C@H]1N1CC2(CCN(c3ccc(C(=O)NS(=O)(=O)c4cnc(NCC5CCC(C)(O)CC5)c([N+](=O)[O-])c4)c(Oc4cc5c(F)c[nH]c5nc4C4CC4)c3)CC2)C1. The predicted molar refractivity (Wildman–Crippen MR) is 258 cm³/mol. The van der Waals surface area contributed by atoms with Gasteiger partial charge in [-0.15, -0.1) is 0 Å². The van der Waals surface area contributed by atoms with Crippen LogP contribution < -0.4 is 19.7 Å². The van der Waals surface area contributed by atoms with Crippen LogP contribution in [0.1, 0.15) is 136 Å². The number of aromatic amines is 1. The first kappa shape index (κ1) is 46.1. The van der Waals surface area contributed by atoms with Crippen LogP contribution in [0.15, 0.2) is 71.9 Å². The monoisotopic (exact) mass is 948 g/mol. The van der Waals surface area contributed by atoms with Crippen LogP contribution in [0.4, 0.5) is 21.6 Å². The number of nitro groups is 1. The minimum Gasteiger partial charge on any atom is -0.454 e. The number of amides is 1. The largest absolute Gasteiger partial charge is 0.454 e. The van der Waals surface area contributed by atoms with Gasteiger partial charge >= 0.3 is 5.69 Å². The number of hydrogen-bond acceptors (Lipinski definition) is 12. The Kier molecular flexibility index (Phi) is 12.2. The van der Waals surface area contributed by atoms with E-state index >= 15 is 0 Å². The summed E-state index contributed by atoms with van der Waals surface area (Å²) in [5.74, 6) is -0.0356. The fraction of sp³-hybridized carbons (Fsp3) is 0.510. The first-order valence-corrected chi connectivity index (χ1v) is 25.8. The molecule has 0 radical (unpaired) electrons. The third-order valence-electron chi connectivity index (χ3n) is 15.6. The van der Waals surface area contributed by atoms with Gasteiger partial charge in [0.2, 0.25) is 5.82 Å². The molecule has 0 bridgehead atoms. The summed E-state index contributed by atoms with van der Waals surface area (Å²) in [6.45, 7) is 10.4. The average molecular weight is 949 g/mol. The molecule has 10 rings (SSSR count). The first-order chi connectivity index (χ1) is 32.6. The summed E-state index contributed by atoms with van der Waals surface area (Å²) in [7, 11) is -4.69. The van der Waals surface area contributed by atoms with E-state index in [1.807, 2.05) is 0 Å². The lowest BCUT2D eigenvalue weighted by atomic mass is 9.70. The minimum absolute atomic E-state index is 0.0612. The molecular formula is C51H61FN8O7S. The standard InChI is InChI=1S/C51H61FN8O7S/c1-31(2)36-7-4-5-8-37(36)38-9-6-10-42(38)59-29-51(30-59)19-21-58(22-20-51)34-13-14-39(44(23-34)67-45-25-40-41(52)28-55-47(40)56-46(45)33-11-12-33)49(61)57-68(65,66)35-24-43(60(63)64)48(54-27-35)53-26-32-15-17-50(3,62)18-16-32/h4-5,7-8,13-14,23-25,27-28,31-33,38,42,62H,6,9-12,15-22,26,29-30H2,1-3H3,(H,53,54)(H,55,56)(H,57,61)/t32?,38-,42-,50?/m1/s1. The van der Waals surface area contributed by atoms with Crippen LogP contribution in [-0.2, 0) is 10.0 Å². The number of sulfonamides is 1. The number of H-pyrrole nitrogens is 1. The topological polar surface area (TPSA) is 196 Å². The molecule has 1 amide bonds. The van der Waals surface area contributed by atoms with Gasteiger partial charge < -0.3 is 25.0 Å². The summed E-state index contributed by atoms with van der Waals surface area (Å²) in [6.07, 6.45) is 12.3. The number of carbonyl (C=O) groups is 1. The summed E-state index contributed by atoms with van der Waals surface area (Å²) in [5, 5.41) is 25.7. The van der Waals surface area contributed by atoms with Gasteiger partial charge in [-0.3, -0.25) is 19.8 Å². The first-order valence-electron chi connectivity index (χ1n) is 24.3. The molecule has 3 aliphatic carbocycles. The molecule has 360 valence electrons. The number of hydrogen-bond donors (Lipinski definition) is 4. The lowest BCUT2D eigenvalue weighted by molar-refractivity contribution is -0.384. The maximum atomic E-state index is 15.0. The Labute approximate surface area is 396 Å². The number of anilines is 2. The number of nitrogens with one attached hydrogen (secondary N) is 3. The molecule has 5 heterocycles. The fourth-order valence-corrected chi connectivity index (χ4v) is 12.3. The van der Waals surface area contributed by atoms with Crippen molar-refractivity contribution in [3.63, 3.8) is 0 Å². The molecule has 3 saturated carbocycles. The van der Waals surface area contributed by atoms with Gasteiger partial charge in [0.05, 0.1) is 33.4 Å². The molecule has 5 fully saturated rings.